The van der Waals surface area contributed by atoms with Gasteiger partial charge in [-0.2, -0.15) is 0 Å². The summed E-state index contributed by atoms with van der Waals surface area (Å²) in [5.41, 5.74) is 2.66. The summed E-state index contributed by atoms with van der Waals surface area (Å²) >= 11 is 0. The zero-order chi connectivity index (χ0) is 17.1. The van der Waals surface area contributed by atoms with Gasteiger partial charge in [-0.25, -0.2) is 0 Å². The maximum atomic E-state index is 12.2. The van der Waals surface area contributed by atoms with Gasteiger partial charge in [-0.05, 0) is 35.7 Å². The van der Waals surface area contributed by atoms with Crippen molar-refractivity contribution < 1.29 is 19.4 Å². The number of carbonyl (C=O) groups is 1. The van der Waals surface area contributed by atoms with Gasteiger partial charge in [-0.1, -0.05) is 24.3 Å². The summed E-state index contributed by atoms with van der Waals surface area (Å²) in [6, 6.07) is 13.1. The lowest BCUT2D eigenvalue weighted by atomic mass is 9.85. The second-order valence-electron chi connectivity index (χ2n) is 5.77. The van der Waals surface area contributed by atoms with Crippen LogP contribution in [0.1, 0.15) is 39.9 Å². The molecule has 2 aromatic rings. The first-order valence-electron chi connectivity index (χ1n) is 7.92. The van der Waals surface area contributed by atoms with Crippen molar-refractivity contribution in [3.8, 4) is 11.5 Å². The molecule has 0 radical (unpaired) electrons. The third-order valence-electron chi connectivity index (χ3n) is 4.51. The third-order valence-corrected chi connectivity index (χ3v) is 4.51. The molecule has 0 aliphatic carbocycles. The van der Waals surface area contributed by atoms with Crippen molar-refractivity contribution in [1.29, 1.82) is 0 Å². The maximum Gasteiger partial charge on any atom is 0.252 e. The fourth-order valence-electron chi connectivity index (χ4n) is 3.34. The molecule has 126 valence electrons. The lowest BCUT2D eigenvalue weighted by Crippen LogP contribution is -2.25. The predicted octanol–water partition coefficient (Wildman–Crippen LogP) is 2.65. The molecule has 1 heterocycles. The van der Waals surface area contributed by atoms with Crippen LogP contribution in [0.4, 0.5) is 0 Å². The van der Waals surface area contributed by atoms with Crippen LogP contribution >= 0.6 is 0 Å². The Hall–Kier alpha value is -2.53. The molecule has 0 spiro atoms. The SMILES string of the molecule is COc1ccc(C(CCO)C2NC(=O)c3ccccc32)cc1OC. The van der Waals surface area contributed by atoms with Gasteiger partial charge >= 0.3 is 0 Å². The molecule has 0 saturated heterocycles. The van der Waals surface area contributed by atoms with Crippen LogP contribution in [0.25, 0.3) is 0 Å². The molecule has 5 heteroatoms. The van der Waals surface area contributed by atoms with Crippen molar-refractivity contribution in [2.45, 2.75) is 18.4 Å². The molecular formula is C19H21NO4. The van der Waals surface area contributed by atoms with E-state index in [2.05, 4.69) is 5.32 Å². The summed E-state index contributed by atoms with van der Waals surface area (Å²) in [4.78, 5) is 12.2. The molecule has 0 bridgehead atoms. The molecule has 2 unspecified atom stereocenters. The van der Waals surface area contributed by atoms with Crippen molar-refractivity contribution in [2.75, 3.05) is 20.8 Å². The minimum Gasteiger partial charge on any atom is -0.493 e. The topological polar surface area (TPSA) is 67.8 Å². The first kappa shape index (κ1) is 16.3. The number of aliphatic hydroxyl groups excluding tert-OH is 1. The fourth-order valence-corrected chi connectivity index (χ4v) is 3.34. The predicted molar refractivity (Wildman–Crippen MR) is 90.6 cm³/mol. The highest BCUT2D eigenvalue weighted by atomic mass is 16.5. The Balaban J connectivity index is 2.01. The monoisotopic (exact) mass is 327 g/mol. The van der Waals surface area contributed by atoms with Crippen molar-refractivity contribution in [2.24, 2.45) is 0 Å². The number of aliphatic hydroxyl groups is 1. The Morgan fingerprint density at radius 2 is 1.88 bits per heavy atom. The van der Waals surface area contributed by atoms with Crippen LogP contribution in [0.2, 0.25) is 0 Å². The molecule has 0 aromatic heterocycles. The molecule has 1 aliphatic heterocycles. The lowest BCUT2D eigenvalue weighted by Gasteiger charge is -2.25. The van der Waals surface area contributed by atoms with E-state index < -0.39 is 0 Å². The Bertz CT molecular complexity index is 744. The number of carbonyl (C=O) groups excluding carboxylic acids is 1. The molecule has 3 rings (SSSR count). The number of hydrogen-bond donors (Lipinski definition) is 2. The van der Waals surface area contributed by atoms with Gasteiger partial charge in [-0.3, -0.25) is 4.79 Å². The number of hydrogen-bond acceptors (Lipinski definition) is 4. The molecule has 24 heavy (non-hydrogen) atoms. The highest BCUT2D eigenvalue weighted by Crippen LogP contribution is 2.41. The van der Waals surface area contributed by atoms with E-state index in [4.69, 9.17) is 9.47 Å². The number of amides is 1. The highest BCUT2D eigenvalue weighted by molar-refractivity contribution is 5.99. The Morgan fingerprint density at radius 1 is 1.12 bits per heavy atom. The number of benzene rings is 2. The van der Waals surface area contributed by atoms with Crippen LogP contribution < -0.4 is 14.8 Å². The fraction of sp³-hybridized carbons (Fsp3) is 0.316. The van der Waals surface area contributed by atoms with Crippen LogP contribution in [0, 0.1) is 0 Å². The van der Waals surface area contributed by atoms with E-state index in [9.17, 15) is 9.90 Å². The molecule has 2 N–H and O–H groups in total. The maximum absolute atomic E-state index is 12.2. The quantitative estimate of drug-likeness (QED) is 0.856. The molecule has 0 fully saturated rings. The average molecular weight is 327 g/mol. The summed E-state index contributed by atoms with van der Waals surface area (Å²) < 4.78 is 10.7. The summed E-state index contributed by atoms with van der Waals surface area (Å²) in [7, 11) is 3.19. The van der Waals surface area contributed by atoms with E-state index in [-0.39, 0.29) is 24.5 Å². The largest absolute Gasteiger partial charge is 0.493 e. The summed E-state index contributed by atoms with van der Waals surface area (Å²) in [5.74, 6) is 1.16. The number of fused-ring (bicyclic) bond motifs is 1. The molecule has 2 atom stereocenters. The van der Waals surface area contributed by atoms with Crippen LogP contribution in [0.3, 0.4) is 0 Å². The molecule has 1 amide bonds. The molecule has 1 aliphatic rings. The molecule has 0 saturated carbocycles. The molecule has 2 aromatic carbocycles. The van der Waals surface area contributed by atoms with Crippen LogP contribution in [0.15, 0.2) is 42.5 Å². The van der Waals surface area contributed by atoms with Gasteiger partial charge < -0.3 is 19.9 Å². The Labute approximate surface area is 141 Å². The van der Waals surface area contributed by atoms with Crippen LogP contribution in [0.5, 0.6) is 11.5 Å². The van der Waals surface area contributed by atoms with Crippen LogP contribution in [-0.4, -0.2) is 31.8 Å². The van der Waals surface area contributed by atoms with Gasteiger partial charge in [0.2, 0.25) is 0 Å². The second kappa shape index (κ2) is 6.93. The van der Waals surface area contributed by atoms with E-state index >= 15 is 0 Å². The van der Waals surface area contributed by atoms with Crippen molar-refractivity contribution in [3.63, 3.8) is 0 Å². The Morgan fingerprint density at radius 3 is 2.58 bits per heavy atom. The number of ether oxygens (including phenoxy) is 2. The van der Waals surface area contributed by atoms with Crippen LogP contribution in [-0.2, 0) is 0 Å². The summed E-state index contributed by atoms with van der Waals surface area (Å²) in [5, 5.41) is 12.6. The first-order valence-corrected chi connectivity index (χ1v) is 7.92. The van der Waals surface area contributed by atoms with E-state index in [1.54, 1.807) is 14.2 Å². The van der Waals surface area contributed by atoms with Crippen molar-refractivity contribution >= 4 is 5.91 Å². The van der Waals surface area contributed by atoms with Gasteiger partial charge in [0, 0.05) is 18.1 Å². The van der Waals surface area contributed by atoms with Crippen molar-refractivity contribution in [3.05, 3.63) is 59.2 Å². The van der Waals surface area contributed by atoms with Gasteiger partial charge in [-0.15, -0.1) is 0 Å². The van der Waals surface area contributed by atoms with E-state index in [1.165, 1.54) is 0 Å². The Kier molecular flexibility index (Phi) is 4.71. The minimum atomic E-state index is -0.168. The first-order chi connectivity index (χ1) is 11.7. The lowest BCUT2D eigenvalue weighted by molar-refractivity contribution is 0.0949. The number of methoxy groups -OCH3 is 2. The normalized spacial score (nSPS) is 17.1. The zero-order valence-electron chi connectivity index (χ0n) is 13.8. The summed E-state index contributed by atoms with van der Waals surface area (Å²) in [6.45, 7) is 0.0353. The molecule has 5 nitrogen and oxygen atoms in total. The second-order valence-corrected chi connectivity index (χ2v) is 5.77. The van der Waals surface area contributed by atoms with Crippen molar-refractivity contribution in [1.82, 2.24) is 5.32 Å². The third kappa shape index (κ3) is 2.83. The highest BCUT2D eigenvalue weighted by Gasteiger charge is 2.34. The van der Waals surface area contributed by atoms with Gasteiger partial charge in [0.25, 0.3) is 5.91 Å². The zero-order valence-corrected chi connectivity index (χ0v) is 13.8. The van der Waals surface area contributed by atoms with E-state index in [0.717, 1.165) is 11.1 Å². The van der Waals surface area contributed by atoms with E-state index in [0.29, 0.717) is 23.5 Å². The van der Waals surface area contributed by atoms with Gasteiger partial charge in [0.1, 0.15) is 0 Å². The van der Waals surface area contributed by atoms with Gasteiger partial charge in [0.15, 0.2) is 11.5 Å². The number of nitrogens with one attached hydrogen (secondary N) is 1. The standard InChI is InChI=1S/C19H21NO4/c1-23-16-8-7-12(11-17(16)24-2)13(9-10-21)18-14-5-3-4-6-15(14)19(22)20-18/h3-8,11,13,18,21H,9-10H2,1-2H3,(H,20,22). The minimum absolute atomic E-state index is 0.0353. The smallest absolute Gasteiger partial charge is 0.252 e. The average Bonchev–Trinajstić information content (AvgIpc) is 2.96. The molecular weight excluding hydrogens is 306 g/mol. The number of rotatable bonds is 6. The van der Waals surface area contributed by atoms with E-state index in [1.807, 2.05) is 42.5 Å². The summed E-state index contributed by atoms with van der Waals surface area (Å²) in [6.07, 6.45) is 0.536. The van der Waals surface area contributed by atoms with Gasteiger partial charge in [0.05, 0.1) is 20.3 Å².